The van der Waals surface area contributed by atoms with Crippen LogP contribution in [-0.4, -0.2) is 64.0 Å². The number of fused-ring (bicyclic) bond motifs is 1. The van der Waals surface area contributed by atoms with Gasteiger partial charge >= 0.3 is 0 Å². The number of hydrogen-bond donors (Lipinski definition) is 4. The fourth-order valence-corrected chi connectivity index (χ4v) is 4.85. The largest absolute Gasteiger partial charge is 0.394 e. The highest BCUT2D eigenvalue weighted by atomic mass is 16.6. The molecule has 9 heteroatoms. The maximum absolute atomic E-state index is 11.3. The van der Waals surface area contributed by atoms with Gasteiger partial charge in [0.15, 0.2) is 6.29 Å². The predicted octanol–water partition coefficient (Wildman–Crippen LogP) is 3.70. The summed E-state index contributed by atoms with van der Waals surface area (Å²) >= 11 is 0. The van der Waals surface area contributed by atoms with E-state index in [1.54, 1.807) is 0 Å². The number of primary amides is 1. The molecule has 1 aliphatic heterocycles. The molecule has 0 aliphatic carbocycles. The summed E-state index contributed by atoms with van der Waals surface area (Å²) in [5.41, 5.74) is 9.30. The van der Waals surface area contributed by atoms with Gasteiger partial charge in [-0.25, -0.2) is 0 Å². The van der Waals surface area contributed by atoms with Gasteiger partial charge in [-0.3, -0.25) is 4.79 Å². The SMILES string of the molecule is CCCN(CCC)c1ccc2cc(-c3ccc(/C=C(\C#N)C(N)=O)n3C)ccc2c1.OCC1CC(O)CC(O)O1. The second kappa shape index (κ2) is 14.6. The third kappa shape index (κ3) is 7.93. The molecule has 0 bridgehead atoms. The number of ether oxygens (including phenoxy) is 1. The first-order chi connectivity index (χ1) is 19.2. The van der Waals surface area contributed by atoms with Crippen molar-refractivity contribution in [1.29, 1.82) is 5.26 Å². The van der Waals surface area contributed by atoms with Gasteiger partial charge in [-0.05, 0) is 65.6 Å². The van der Waals surface area contributed by atoms with Crippen LogP contribution in [0.5, 0.6) is 0 Å². The van der Waals surface area contributed by atoms with E-state index in [4.69, 9.17) is 31.1 Å². The van der Waals surface area contributed by atoms with Crippen molar-refractivity contribution in [2.45, 2.75) is 58.0 Å². The van der Waals surface area contributed by atoms with E-state index in [0.29, 0.717) is 6.42 Å². The molecular weight excluding hydrogens is 508 g/mol. The summed E-state index contributed by atoms with van der Waals surface area (Å²) in [4.78, 5) is 13.8. The Morgan fingerprint density at radius 2 is 1.77 bits per heavy atom. The molecule has 1 aliphatic rings. The summed E-state index contributed by atoms with van der Waals surface area (Å²) in [7, 11) is 1.91. The second-order valence-electron chi connectivity index (χ2n) is 9.99. The molecule has 40 heavy (non-hydrogen) atoms. The number of nitrogens with two attached hydrogens (primary N) is 1. The molecule has 3 atom stereocenters. The monoisotopic (exact) mass is 548 g/mol. The number of aliphatic hydroxyl groups excluding tert-OH is 3. The van der Waals surface area contributed by atoms with Gasteiger partial charge in [-0.1, -0.05) is 32.0 Å². The van der Waals surface area contributed by atoms with Crippen LogP contribution in [0.4, 0.5) is 5.69 Å². The molecule has 0 radical (unpaired) electrons. The van der Waals surface area contributed by atoms with Crippen LogP contribution in [0.2, 0.25) is 0 Å². The first-order valence-electron chi connectivity index (χ1n) is 13.7. The predicted molar refractivity (Wildman–Crippen MR) is 157 cm³/mol. The first kappa shape index (κ1) is 30.9. The molecule has 1 amide bonds. The topological polar surface area (TPSA) is 145 Å². The minimum atomic E-state index is -0.916. The van der Waals surface area contributed by atoms with Gasteiger partial charge < -0.3 is 35.3 Å². The maximum atomic E-state index is 11.3. The average Bonchev–Trinajstić information content (AvgIpc) is 3.30. The van der Waals surface area contributed by atoms with Crippen molar-refractivity contribution < 1.29 is 24.9 Å². The lowest BCUT2D eigenvalue weighted by Gasteiger charge is -2.28. The molecule has 0 spiro atoms. The van der Waals surface area contributed by atoms with Crippen molar-refractivity contribution in [1.82, 2.24) is 4.57 Å². The summed E-state index contributed by atoms with van der Waals surface area (Å²) in [5.74, 6) is -0.720. The zero-order valence-electron chi connectivity index (χ0n) is 23.5. The Hall–Kier alpha value is -3.68. The van der Waals surface area contributed by atoms with E-state index < -0.39 is 24.4 Å². The molecule has 3 aromatic rings. The smallest absolute Gasteiger partial charge is 0.259 e. The lowest BCUT2D eigenvalue weighted by molar-refractivity contribution is -0.197. The summed E-state index contributed by atoms with van der Waals surface area (Å²) in [5, 5.41) is 38.0. The quantitative estimate of drug-likeness (QED) is 0.236. The lowest BCUT2D eigenvalue weighted by atomic mass is 10.0. The number of carbonyl (C=O) groups is 1. The van der Waals surface area contributed by atoms with Crippen LogP contribution in [0, 0.1) is 11.3 Å². The standard InChI is InChI=1S/C25H28N4O.C6H12O4/c1-4-12-29(13-5-2)23-9-8-18-14-20(7-6-19(18)15-23)24-11-10-22(28(24)3)16-21(17-26)25(27)30;7-3-5-1-4(8)2-6(9)10-5/h6-11,14-16H,4-5,12-13H2,1-3H3,(H2,27,30);4-9H,1-3H2/b21-16+;. The van der Waals surface area contributed by atoms with E-state index in [0.717, 1.165) is 42.9 Å². The summed E-state index contributed by atoms with van der Waals surface area (Å²) in [6, 6.07) is 18.8. The molecular formula is C31H40N4O5. The Kier molecular flexibility index (Phi) is 11.3. The van der Waals surface area contributed by atoms with E-state index in [2.05, 4.69) is 55.1 Å². The number of benzene rings is 2. The fraction of sp³-hybridized carbons (Fsp3) is 0.419. The Morgan fingerprint density at radius 3 is 2.38 bits per heavy atom. The number of carbonyl (C=O) groups excluding carboxylic acids is 1. The molecule has 1 fully saturated rings. The second-order valence-corrected chi connectivity index (χ2v) is 9.99. The van der Waals surface area contributed by atoms with Gasteiger partial charge in [-0.15, -0.1) is 0 Å². The zero-order chi connectivity index (χ0) is 29.2. The van der Waals surface area contributed by atoms with Crippen LogP contribution in [-0.2, 0) is 16.6 Å². The van der Waals surface area contributed by atoms with Crippen LogP contribution in [0.1, 0.15) is 45.2 Å². The molecule has 0 saturated carbocycles. The summed E-state index contributed by atoms with van der Waals surface area (Å²) in [6.45, 7) is 6.40. The fourth-order valence-electron chi connectivity index (χ4n) is 4.85. The van der Waals surface area contributed by atoms with E-state index >= 15 is 0 Å². The van der Waals surface area contributed by atoms with Gasteiger partial charge in [0, 0.05) is 50.1 Å². The molecule has 2 heterocycles. The first-order valence-corrected chi connectivity index (χ1v) is 13.7. The third-order valence-corrected chi connectivity index (χ3v) is 6.87. The number of anilines is 1. The molecule has 5 N–H and O–H groups in total. The summed E-state index contributed by atoms with van der Waals surface area (Å²) in [6.07, 6.45) is 2.58. The van der Waals surface area contributed by atoms with Gasteiger partial charge in [0.1, 0.15) is 11.6 Å². The summed E-state index contributed by atoms with van der Waals surface area (Å²) < 4.78 is 6.81. The maximum Gasteiger partial charge on any atom is 0.259 e. The number of hydrogen-bond acceptors (Lipinski definition) is 7. The van der Waals surface area contributed by atoms with Crippen LogP contribution < -0.4 is 10.6 Å². The molecule has 9 nitrogen and oxygen atoms in total. The van der Waals surface area contributed by atoms with Crippen molar-refractivity contribution in [2.75, 3.05) is 24.6 Å². The van der Waals surface area contributed by atoms with E-state index in [-0.39, 0.29) is 18.6 Å². The molecule has 2 aromatic carbocycles. The molecule has 4 rings (SSSR count). The Balaban J connectivity index is 0.000000371. The normalized spacial score (nSPS) is 19.0. The Labute approximate surface area is 235 Å². The Bertz CT molecular complexity index is 1340. The number of nitriles is 1. The molecule has 1 aromatic heterocycles. The number of amides is 1. The van der Waals surface area contributed by atoms with Crippen molar-refractivity contribution in [3.05, 3.63) is 59.8 Å². The number of aromatic nitrogens is 1. The molecule has 214 valence electrons. The third-order valence-electron chi connectivity index (χ3n) is 6.87. The van der Waals surface area contributed by atoms with Gasteiger partial charge in [0.25, 0.3) is 5.91 Å². The molecule has 3 unspecified atom stereocenters. The lowest BCUT2D eigenvalue weighted by Crippen LogP contribution is -2.37. The highest BCUT2D eigenvalue weighted by molar-refractivity contribution is 6.00. The van der Waals surface area contributed by atoms with Gasteiger partial charge in [0.05, 0.1) is 18.8 Å². The van der Waals surface area contributed by atoms with Gasteiger partial charge in [-0.2, -0.15) is 5.26 Å². The van der Waals surface area contributed by atoms with Crippen LogP contribution in [0.15, 0.2) is 54.1 Å². The van der Waals surface area contributed by atoms with E-state index in [1.165, 1.54) is 22.5 Å². The van der Waals surface area contributed by atoms with Crippen molar-refractivity contribution in [2.24, 2.45) is 12.8 Å². The molecule has 1 saturated heterocycles. The van der Waals surface area contributed by atoms with Gasteiger partial charge in [0.2, 0.25) is 0 Å². The highest BCUT2D eigenvalue weighted by Crippen LogP contribution is 2.29. The van der Waals surface area contributed by atoms with Crippen LogP contribution >= 0.6 is 0 Å². The van der Waals surface area contributed by atoms with Crippen molar-refractivity contribution in [3.63, 3.8) is 0 Å². The Morgan fingerprint density at radius 1 is 1.10 bits per heavy atom. The minimum Gasteiger partial charge on any atom is -0.394 e. The number of nitrogens with zero attached hydrogens (tertiary/aromatic N) is 3. The van der Waals surface area contributed by atoms with E-state index in [1.807, 2.05) is 29.8 Å². The highest BCUT2D eigenvalue weighted by Gasteiger charge is 2.26. The van der Waals surface area contributed by atoms with Crippen molar-refractivity contribution >= 4 is 28.4 Å². The van der Waals surface area contributed by atoms with Crippen LogP contribution in [0.25, 0.3) is 28.1 Å². The number of aliphatic hydroxyl groups is 3. The van der Waals surface area contributed by atoms with Crippen LogP contribution in [0.3, 0.4) is 0 Å². The number of rotatable bonds is 9. The zero-order valence-corrected chi connectivity index (χ0v) is 23.5. The van der Waals surface area contributed by atoms with Crippen molar-refractivity contribution in [3.8, 4) is 17.3 Å². The average molecular weight is 549 g/mol. The van der Waals surface area contributed by atoms with E-state index in [9.17, 15) is 4.79 Å². The minimum absolute atomic E-state index is 0.0579.